The van der Waals surface area contributed by atoms with Crippen LogP contribution < -0.4 is 15.8 Å². The van der Waals surface area contributed by atoms with E-state index in [2.05, 4.69) is 15.4 Å². The molecule has 0 spiro atoms. The summed E-state index contributed by atoms with van der Waals surface area (Å²) in [5.74, 6) is 0.125. The van der Waals surface area contributed by atoms with Gasteiger partial charge in [-0.15, -0.1) is 4.91 Å². The standard InChI is InChI=1S/C14H15N3O3/c18-14-10(9-17-4-6-20-7-5-17)8-12(16-19)11-2-1-3-15-13(11)14/h1-3,8-9,15,18H,4-7H2. The second-order valence-corrected chi connectivity index (χ2v) is 4.66. The van der Waals surface area contributed by atoms with Gasteiger partial charge >= 0.3 is 0 Å². The summed E-state index contributed by atoms with van der Waals surface area (Å²) in [5.41, 5.74) is 0.832. The molecule has 2 N–H and O–H groups in total. The van der Waals surface area contributed by atoms with Crippen LogP contribution in [0.25, 0.3) is 12.3 Å². The van der Waals surface area contributed by atoms with Gasteiger partial charge in [-0.25, -0.2) is 0 Å². The fourth-order valence-corrected chi connectivity index (χ4v) is 2.36. The molecular formula is C14H15N3O3. The molecule has 2 heterocycles. The summed E-state index contributed by atoms with van der Waals surface area (Å²) in [5, 5.41) is 17.5. The van der Waals surface area contributed by atoms with Crippen molar-refractivity contribution in [2.45, 2.75) is 0 Å². The first-order chi connectivity index (χ1) is 9.79. The number of allylic oxidation sites excluding steroid dienone is 1. The number of phenolic OH excluding ortho intramolecular Hbond substituents is 1. The molecule has 0 amide bonds. The van der Waals surface area contributed by atoms with E-state index < -0.39 is 0 Å². The third-order valence-corrected chi connectivity index (χ3v) is 3.40. The number of morpholine rings is 1. The van der Waals surface area contributed by atoms with Crippen LogP contribution in [-0.4, -0.2) is 36.3 Å². The molecule has 0 aliphatic carbocycles. The highest BCUT2D eigenvalue weighted by Crippen LogP contribution is 2.20. The van der Waals surface area contributed by atoms with E-state index in [-0.39, 0.29) is 5.75 Å². The average molecular weight is 273 g/mol. The Bertz CT molecular complexity index is 676. The quantitative estimate of drug-likeness (QED) is 0.609. The third kappa shape index (κ3) is 2.25. The number of aromatic hydroxyl groups is 1. The molecule has 2 aliphatic heterocycles. The molecule has 6 heteroatoms. The van der Waals surface area contributed by atoms with Crippen molar-refractivity contribution in [2.75, 3.05) is 31.6 Å². The van der Waals surface area contributed by atoms with Crippen LogP contribution in [-0.2, 0) is 4.74 Å². The molecule has 0 bridgehead atoms. The van der Waals surface area contributed by atoms with Crippen LogP contribution in [0.5, 0.6) is 5.75 Å². The van der Waals surface area contributed by atoms with Gasteiger partial charge in [-0.1, -0.05) is 0 Å². The van der Waals surface area contributed by atoms with Crippen LogP contribution >= 0.6 is 0 Å². The first-order valence-electron chi connectivity index (χ1n) is 6.46. The van der Waals surface area contributed by atoms with Crippen LogP contribution in [0.15, 0.2) is 23.5 Å². The van der Waals surface area contributed by atoms with E-state index in [1.165, 1.54) is 0 Å². The first kappa shape index (κ1) is 12.7. The Kier molecular flexibility index (Phi) is 3.39. The predicted molar refractivity (Wildman–Crippen MR) is 76.9 cm³/mol. The molecule has 2 aliphatic rings. The van der Waals surface area contributed by atoms with E-state index in [9.17, 15) is 10.0 Å². The van der Waals surface area contributed by atoms with Crippen molar-refractivity contribution in [1.29, 1.82) is 0 Å². The Balaban J connectivity index is 2.13. The lowest BCUT2D eigenvalue weighted by atomic mass is 10.1. The van der Waals surface area contributed by atoms with Crippen molar-refractivity contribution in [3.8, 4) is 5.75 Å². The summed E-state index contributed by atoms with van der Waals surface area (Å²) in [6, 6.07) is 1.61. The maximum atomic E-state index is 11.0. The number of phenols is 1. The highest BCUT2D eigenvalue weighted by Gasteiger charge is 2.13. The van der Waals surface area contributed by atoms with Gasteiger partial charge in [0.05, 0.1) is 18.9 Å². The number of rotatable bonds is 2. The number of hydrogen-bond acceptors (Lipinski definition) is 6. The van der Waals surface area contributed by atoms with Gasteiger partial charge in [0.25, 0.3) is 0 Å². The van der Waals surface area contributed by atoms with Gasteiger partial charge in [-0.2, -0.15) is 0 Å². The van der Waals surface area contributed by atoms with E-state index in [0.29, 0.717) is 35.0 Å². The molecule has 0 radical (unpaired) electrons. The van der Waals surface area contributed by atoms with Gasteiger partial charge in [0, 0.05) is 35.9 Å². The molecule has 20 heavy (non-hydrogen) atoms. The summed E-state index contributed by atoms with van der Waals surface area (Å²) in [6.07, 6.45) is 7.06. The molecule has 1 aromatic carbocycles. The Morgan fingerprint density at radius 3 is 2.95 bits per heavy atom. The molecule has 0 saturated carbocycles. The summed E-state index contributed by atoms with van der Waals surface area (Å²) in [7, 11) is 0. The summed E-state index contributed by atoms with van der Waals surface area (Å²) >= 11 is 0. The molecule has 0 atom stereocenters. The smallest absolute Gasteiger partial charge is 0.148 e. The van der Waals surface area contributed by atoms with Crippen molar-refractivity contribution in [3.63, 3.8) is 0 Å². The minimum atomic E-state index is 0.125. The Hall–Kier alpha value is -2.34. The maximum absolute atomic E-state index is 11.0. The number of anilines is 1. The first-order valence-corrected chi connectivity index (χ1v) is 6.46. The zero-order valence-electron chi connectivity index (χ0n) is 10.9. The number of nitrogens with zero attached hydrogens (tertiary/aromatic N) is 2. The number of ether oxygens (including phenoxy) is 1. The van der Waals surface area contributed by atoms with Crippen LogP contribution in [0.3, 0.4) is 0 Å². The topological polar surface area (TPSA) is 74.2 Å². The van der Waals surface area contributed by atoms with E-state index in [1.54, 1.807) is 24.4 Å². The second kappa shape index (κ2) is 5.34. The fourth-order valence-electron chi connectivity index (χ4n) is 2.36. The fraction of sp³-hybridized carbons (Fsp3) is 0.286. The maximum Gasteiger partial charge on any atom is 0.148 e. The zero-order chi connectivity index (χ0) is 13.9. The van der Waals surface area contributed by atoms with Crippen molar-refractivity contribution >= 4 is 23.7 Å². The molecule has 104 valence electrons. The third-order valence-electron chi connectivity index (χ3n) is 3.40. The lowest BCUT2D eigenvalue weighted by molar-refractivity contribution is 0.0662. The zero-order valence-corrected chi connectivity index (χ0v) is 10.9. The lowest BCUT2D eigenvalue weighted by Crippen LogP contribution is -2.33. The van der Waals surface area contributed by atoms with E-state index in [0.717, 1.165) is 13.1 Å². The van der Waals surface area contributed by atoms with Gasteiger partial charge in [0.1, 0.15) is 11.4 Å². The molecular weight excluding hydrogens is 258 g/mol. The number of fused-ring (bicyclic) bond motifs is 1. The van der Waals surface area contributed by atoms with E-state index in [4.69, 9.17) is 4.74 Å². The Labute approximate surface area is 115 Å². The minimum Gasteiger partial charge on any atom is -0.505 e. The molecule has 0 unspecified atom stereocenters. The lowest BCUT2D eigenvalue weighted by Gasteiger charge is -2.25. The van der Waals surface area contributed by atoms with Crippen molar-refractivity contribution in [3.05, 3.63) is 33.7 Å². The highest BCUT2D eigenvalue weighted by atomic mass is 16.5. The van der Waals surface area contributed by atoms with Gasteiger partial charge in [0.15, 0.2) is 0 Å². The van der Waals surface area contributed by atoms with Crippen LogP contribution in [0, 0.1) is 4.91 Å². The minimum absolute atomic E-state index is 0.125. The number of benzene rings is 1. The predicted octanol–water partition coefficient (Wildman–Crippen LogP) is 0.580. The number of nitrogens with one attached hydrogen (secondary N) is 1. The normalized spacial score (nSPS) is 18.2. The molecule has 1 saturated heterocycles. The molecule has 6 nitrogen and oxygen atoms in total. The Morgan fingerprint density at radius 1 is 1.40 bits per heavy atom. The molecule has 1 fully saturated rings. The van der Waals surface area contributed by atoms with Crippen LogP contribution in [0.2, 0.25) is 0 Å². The van der Waals surface area contributed by atoms with E-state index >= 15 is 0 Å². The molecule has 1 aromatic rings. The van der Waals surface area contributed by atoms with Crippen molar-refractivity contribution in [1.82, 2.24) is 4.90 Å². The van der Waals surface area contributed by atoms with Gasteiger partial charge in [0.2, 0.25) is 0 Å². The summed E-state index contributed by atoms with van der Waals surface area (Å²) < 4.78 is 5.28. The largest absolute Gasteiger partial charge is 0.505 e. The molecule has 3 rings (SSSR count). The number of nitroso groups, excluding NO2 is 1. The second-order valence-electron chi connectivity index (χ2n) is 4.66. The summed E-state index contributed by atoms with van der Waals surface area (Å²) in [4.78, 5) is 13.0. The van der Waals surface area contributed by atoms with E-state index in [1.807, 2.05) is 6.20 Å². The van der Waals surface area contributed by atoms with Gasteiger partial charge in [-0.3, -0.25) is 0 Å². The summed E-state index contributed by atoms with van der Waals surface area (Å²) in [6.45, 7) is 2.85. The SMILES string of the molecule is O=Nc1cc(=CN2CCOCC2)c(O)c2c1=CC=CN2. The Morgan fingerprint density at radius 2 is 2.20 bits per heavy atom. The monoisotopic (exact) mass is 273 g/mol. The van der Waals surface area contributed by atoms with Gasteiger partial charge < -0.3 is 20.1 Å². The van der Waals surface area contributed by atoms with Crippen molar-refractivity contribution in [2.24, 2.45) is 5.18 Å². The van der Waals surface area contributed by atoms with Gasteiger partial charge in [-0.05, 0) is 23.4 Å². The van der Waals surface area contributed by atoms with Crippen molar-refractivity contribution < 1.29 is 9.84 Å². The van der Waals surface area contributed by atoms with Crippen LogP contribution in [0.1, 0.15) is 0 Å². The number of hydrogen-bond donors (Lipinski definition) is 2. The van der Waals surface area contributed by atoms with Crippen LogP contribution in [0.4, 0.5) is 11.4 Å². The average Bonchev–Trinajstić information content (AvgIpc) is 2.51. The highest BCUT2D eigenvalue weighted by molar-refractivity contribution is 5.72. The molecule has 0 aromatic heterocycles.